The van der Waals surface area contributed by atoms with Crippen molar-refractivity contribution in [1.29, 1.82) is 5.26 Å². The van der Waals surface area contributed by atoms with Crippen molar-refractivity contribution in [3.8, 4) is 6.07 Å². The van der Waals surface area contributed by atoms with Crippen molar-refractivity contribution in [2.24, 2.45) is 0 Å². The van der Waals surface area contributed by atoms with Crippen LogP contribution in [0.25, 0.3) is 0 Å². The van der Waals surface area contributed by atoms with E-state index in [1.165, 1.54) is 12.1 Å². The molecule has 0 aliphatic carbocycles. The average Bonchev–Trinajstić information content (AvgIpc) is 2.25. The van der Waals surface area contributed by atoms with Gasteiger partial charge in [-0.05, 0) is 44.5 Å². The predicted molar refractivity (Wildman–Crippen MR) is 70.7 cm³/mol. The highest BCUT2D eigenvalue weighted by Gasteiger charge is 2.12. The molecule has 1 amide bonds. The molecule has 0 unspecified atom stereocenters. The fourth-order valence-corrected chi connectivity index (χ4v) is 1.60. The zero-order valence-electron chi connectivity index (χ0n) is 11.4. The van der Waals surface area contributed by atoms with Gasteiger partial charge in [0.1, 0.15) is 5.82 Å². The van der Waals surface area contributed by atoms with Crippen molar-refractivity contribution in [1.82, 2.24) is 10.6 Å². The van der Waals surface area contributed by atoms with E-state index in [9.17, 15) is 9.18 Å². The molecule has 2 N–H and O–H groups in total. The number of carbonyl (C=O) groups is 1. The largest absolute Gasteiger partial charge is 0.350 e. The molecule has 0 bridgehead atoms. The molecule has 5 heteroatoms. The van der Waals surface area contributed by atoms with E-state index in [1.54, 1.807) is 6.07 Å². The number of halogens is 1. The molecule has 0 saturated carbocycles. The van der Waals surface area contributed by atoms with E-state index in [0.717, 1.165) is 0 Å². The van der Waals surface area contributed by atoms with E-state index in [4.69, 9.17) is 5.26 Å². The Balaban J connectivity index is 2.48. The predicted octanol–water partition coefficient (Wildman–Crippen LogP) is 1.70. The first-order valence-corrected chi connectivity index (χ1v) is 6.01. The lowest BCUT2D eigenvalue weighted by Crippen LogP contribution is -2.44. The van der Waals surface area contributed by atoms with Gasteiger partial charge in [0.2, 0.25) is 5.91 Å². The number of amides is 1. The number of nitriles is 1. The maximum absolute atomic E-state index is 13.2. The van der Waals surface area contributed by atoms with Gasteiger partial charge in [0.25, 0.3) is 0 Å². The highest BCUT2D eigenvalue weighted by Crippen LogP contribution is 2.08. The first-order valence-electron chi connectivity index (χ1n) is 6.01. The summed E-state index contributed by atoms with van der Waals surface area (Å²) in [6.07, 6.45) is 0. The molecule has 1 aromatic rings. The minimum atomic E-state index is -0.449. The summed E-state index contributed by atoms with van der Waals surface area (Å²) >= 11 is 0. The van der Waals surface area contributed by atoms with Crippen molar-refractivity contribution < 1.29 is 9.18 Å². The van der Waals surface area contributed by atoms with Gasteiger partial charge in [-0.3, -0.25) is 4.79 Å². The lowest BCUT2D eigenvalue weighted by Gasteiger charge is -2.20. The zero-order valence-corrected chi connectivity index (χ0v) is 11.4. The third-order valence-electron chi connectivity index (χ3n) is 2.22. The summed E-state index contributed by atoms with van der Waals surface area (Å²) in [7, 11) is 0. The third-order valence-corrected chi connectivity index (χ3v) is 2.22. The van der Waals surface area contributed by atoms with Crippen molar-refractivity contribution in [3.63, 3.8) is 0 Å². The summed E-state index contributed by atoms with van der Waals surface area (Å²) in [4.78, 5) is 11.5. The number of hydrogen-bond donors (Lipinski definition) is 2. The minimum Gasteiger partial charge on any atom is -0.350 e. The summed E-state index contributed by atoms with van der Waals surface area (Å²) in [6, 6.07) is 6.01. The second-order valence-electron chi connectivity index (χ2n) is 5.36. The fraction of sp³-hybridized carbons (Fsp3) is 0.429. The van der Waals surface area contributed by atoms with E-state index < -0.39 is 5.82 Å². The van der Waals surface area contributed by atoms with Crippen LogP contribution in [0.2, 0.25) is 0 Å². The summed E-state index contributed by atoms with van der Waals surface area (Å²) < 4.78 is 13.2. The second-order valence-corrected chi connectivity index (χ2v) is 5.36. The Bertz CT molecular complexity index is 500. The SMILES string of the molecule is CC(C)(C)NC(=O)CNCc1cc(F)cc(C#N)c1. The van der Waals surface area contributed by atoms with E-state index in [2.05, 4.69) is 10.6 Å². The molecule has 0 atom stereocenters. The Morgan fingerprint density at radius 1 is 1.37 bits per heavy atom. The van der Waals surface area contributed by atoms with Gasteiger partial charge >= 0.3 is 0 Å². The highest BCUT2D eigenvalue weighted by molar-refractivity contribution is 5.78. The van der Waals surface area contributed by atoms with Crippen LogP contribution in [0.5, 0.6) is 0 Å². The van der Waals surface area contributed by atoms with Gasteiger partial charge in [-0.15, -0.1) is 0 Å². The van der Waals surface area contributed by atoms with Gasteiger partial charge in [-0.2, -0.15) is 5.26 Å². The van der Waals surface area contributed by atoms with Crippen LogP contribution < -0.4 is 10.6 Å². The molecule has 4 nitrogen and oxygen atoms in total. The molecule has 102 valence electrons. The quantitative estimate of drug-likeness (QED) is 0.869. The zero-order chi connectivity index (χ0) is 14.5. The molecule has 19 heavy (non-hydrogen) atoms. The van der Waals surface area contributed by atoms with Crippen molar-refractivity contribution in [2.45, 2.75) is 32.9 Å². The number of nitrogens with zero attached hydrogens (tertiary/aromatic N) is 1. The first-order chi connectivity index (χ1) is 8.80. The van der Waals surface area contributed by atoms with Crippen molar-refractivity contribution in [2.75, 3.05) is 6.54 Å². The molecule has 0 heterocycles. The van der Waals surface area contributed by atoms with E-state index in [-0.39, 0.29) is 23.6 Å². The third kappa shape index (κ3) is 5.98. The molecular weight excluding hydrogens is 245 g/mol. The van der Waals surface area contributed by atoms with E-state index in [1.807, 2.05) is 26.8 Å². The number of carbonyl (C=O) groups excluding carboxylic acids is 1. The molecule has 0 aliphatic heterocycles. The van der Waals surface area contributed by atoms with Gasteiger partial charge in [0, 0.05) is 12.1 Å². The Morgan fingerprint density at radius 2 is 2.05 bits per heavy atom. The van der Waals surface area contributed by atoms with Crippen LogP contribution in [-0.4, -0.2) is 18.0 Å². The Labute approximate surface area is 112 Å². The number of hydrogen-bond acceptors (Lipinski definition) is 3. The molecule has 0 radical (unpaired) electrons. The molecule has 0 aromatic heterocycles. The molecule has 1 aromatic carbocycles. The van der Waals surface area contributed by atoms with Crippen LogP contribution in [0, 0.1) is 17.1 Å². The second kappa shape index (κ2) is 6.30. The number of benzene rings is 1. The van der Waals surface area contributed by atoms with Crippen molar-refractivity contribution in [3.05, 3.63) is 35.1 Å². The monoisotopic (exact) mass is 263 g/mol. The standard InChI is InChI=1S/C14H18FN3O/c1-14(2,3)18-13(19)9-17-8-11-4-10(7-16)5-12(15)6-11/h4-6,17H,8-9H2,1-3H3,(H,18,19). The van der Waals surface area contributed by atoms with Gasteiger partial charge in [0.15, 0.2) is 0 Å². The van der Waals surface area contributed by atoms with E-state index >= 15 is 0 Å². The Morgan fingerprint density at radius 3 is 2.63 bits per heavy atom. The maximum atomic E-state index is 13.2. The van der Waals surface area contributed by atoms with Gasteiger partial charge in [-0.25, -0.2) is 4.39 Å². The van der Waals surface area contributed by atoms with Crippen LogP contribution in [0.1, 0.15) is 31.9 Å². The lowest BCUT2D eigenvalue weighted by atomic mass is 10.1. The highest BCUT2D eigenvalue weighted by atomic mass is 19.1. The van der Waals surface area contributed by atoms with E-state index in [0.29, 0.717) is 12.1 Å². The van der Waals surface area contributed by atoms with Crippen LogP contribution in [0.15, 0.2) is 18.2 Å². The van der Waals surface area contributed by atoms with Gasteiger partial charge < -0.3 is 10.6 Å². The van der Waals surface area contributed by atoms with Gasteiger partial charge in [-0.1, -0.05) is 0 Å². The van der Waals surface area contributed by atoms with Gasteiger partial charge in [0.05, 0.1) is 18.2 Å². The topological polar surface area (TPSA) is 64.9 Å². The maximum Gasteiger partial charge on any atom is 0.234 e. The Kier molecular flexibility index (Phi) is 5.02. The summed E-state index contributed by atoms with van der Waals surface area (Å²) in [5.74, 6) is -0.570. The average molecular weight is 263 g/mol. The first kappa shape index (κ1) is 15.1. The molecule has 0 fully saturated rings. The lowest BCUT2D eigenvalue weighted by molar-refractivity contribution is -0.121. The molecule has 1 rings (SSSR count). The smallest absolute Gasteiger partial charge is 0.234 e. The number of nitrogens with one attached hydrogen (secondary N) is 2. The fourth-order valence-electron chi connectivity index (χ4n) is 1.60. The molecule has 0 spiro atoms. The molecular formula is C14H18FN3O. The summed E-state index contributed by atoms with van der Waals surface area (Å²) in [5.41, 5.74) is 0.641. The van der Waals surface area contributed by atoms with Crippen LogP contribution in [0.4, 0.5) is 4.39 Å². The molecule has 0 saturated heterocycles. The van der Waals surface area contributed by atoms with Crippen LogP contribution >= 0.6 is 0 Å². The minimum absolute atomic E-state index is 0.121. The molecule has 0 aliphatic rings. The summed E-state index contributed by atoms with van der Waals surface area (Å²) in [6.45, 7) is 6.18. The van der Waals surface area contributed by atoms with Crippen molar-refractivity contribution >= 4 is 5.91 Å². The normalized spacial score (nSPS) is 10.9. The number of rotatable bonds is 4. The van der Waals surface area contributed by atoms with Crippen LogP contribution in [-0.2, 0) is 11.3 Å². The van der Waals surface area contributed by atoms with Crippen LogP contribution in [0.3, 0.4) is 0 Å². The summed E-state index contributed by atoms with van der Waals surface area (Å²) in [5, 5.41) is 14.5. The Hall–Kier alpha value is -1.93.